The molecule has 1 aliphatic carbocycles. The first-order valence-corrected chi connectivity index (χ1v) is 14.1. The lowest BCUT2D eigenvalue weighted by Gasteiger charge is -2.16. The van der Waals surface area contributed by atoms with E-state index in [1.807, 2.05) is 42.0 Å². The van der Waals surface area contributed by atoms with E-state index in [4.69, 9.17) is 0 Å². The van der Waals surface area contributed by atoms with Crippen LogP contribution in [-0.4, -0.2) is 50.8 Å². The summed E-state index contributed by atoms with van der Waals surface area (Å²) in [5.74, 6) is 1.57. The molecule has 7 nitrogen and oxygen atoms in total. The van der Waals surface area contributed by atoms with Crippen LogP contribution >= 0.6 is 23.1 Å². The third-order valence-electron chi connectivity index (χ3n) is 6.01. The van der Waals surface area contributed by atoms with E-state index in [-0.39, 0.29) is 29.1 Å². The fourth-order valence-corrected chi connectivity index (χ4v) is 7.71. The van der Waals surface area contributed by atoms with Gasteiger partial charge in [0.1, 0.15) is 0 Å². The predicted octanol–water partition coefficient (Wildman–Crippen LogP) is 4.09. The maximum atomic E-state index is 13.1. The lowest BCUT2D eigenvalue weighted by molar-refractivity contribution is 0.102. The minimum absolute atomic E-state index is 0.0354. The van der Waals surface area contributed by atoms with Gasteiger partial charge in [0.15, 0.2) is 26.6 Å². The van der Waals surface area contributed by atoms with E-state index in [9.17, 15) is 13.2 Å². The zero-order valence-electron chi connectivity index (χ0n) is 17.4. The van der Waals surface area contributed by atoms with Crippen molar-refractivity contribution in [1.82, 2.24) is 19.3 Å². The number of ketones is 1. The number of aromatic nitrogens is 4. The van der Waals surface area contributed by atoms with E-state index in [0.29, 0.717) is 18.0 Å². The van der Waals surface area contributed by atoms with Crippen molar-refractivity contribution in [2.75, 3.05) is 17.3 Å². The smallest absolute Gasteiger partial charge is 0.192 e. The minimum atomic E-state index is -2.98. The van der Waals surface area contributed by atoms with Crippen molar-refractivity contribution in [3.8, 4) is 10.7 Å². The maximum absolute atomic E-state index is 13.1. The Balaban J connectivity index is 1.35. The van der Waals surface area contributed by atoms with Crippen LogP contribution in [0.2, 0.25) is 0 Å². The molecule has 5 rings (SSSR count). The van der Waals surface area contributed by atoms with Crippen LogP contribution in [-0.2, 0) is 9.84 Å². The Morgan fingerprint density at radius 3 is 2.65 bits per heavy atom. The van der Waals surface area contributed by atoms with Crippen LogP contribution in [0.25, 0.3) is 10.7 Å². The number of carbonyl (C=O) groups is 1. The zero-order chi connectivity index (χ0) is 21.8. The highest BCUT2D eigenvalue weighted by Crippen LogP contribution is 2.42. The van der Waals surface area contributed by atoms with Gasteiger partial charge in [-0.1, -0.05) is 17.8 Å². The van der Waals surface area contributed by atoms with Gasteiger partial charge in [-0.15, -0.1) is 21.5 Å². The molecule has 10 heteroatoms. The Kier molecular flexibility index (Phi) is 5.34. The summed E-state index contributed by atoms with van der Waals surface area (Å²) in [6.45, 7) is 3.86. The molecule has 2 aliphatic rings. The van der Waals surface area contributed by atoms with Gasteiger partial charge in [0.05, 0.1) is 22.1 Å². The van der Waals surface area contributed by atoms with Crippen LogP contribution in [0, 0.1) is 13.8 Å². The first-order chi connectivity index (χ1) is 14.8. The molecule has 4 heterocycles. The number of hydrogen-bond acceptors (Lipinski definition) is 7. The standard InChI is InChI=1S/C21H24N4O3S3/c1-13-10-17(14(2)24(13)16-7-9-31(27,28)12-16)18(26)11-30-21-23-22-20(19-4-3-8-29-19)25(21)15-5-6-15/h3-4,8,10,15-16H,5-7,9,11-12H2,1-2H3/t16-/m1/s1. The maximum Gasteiger partial charge on any atom is 0.192 e. The SMILES string of the molecule is Cc1cc(C(=O)CSc2nnc(-c3cccs3)n2C2CC2)c(C)n1[C@@H]1CCS(=O)(=O)C1. The van der Waals surface area contributed by atoms with Gasteiger partial charge in [0.2, 0.25) is 0 Å². The summed E-state index contributed by atoms with van der Waals surface area (Å²) in [4.78, 5) is 14.2. The van der Waals surface area contributed by atoms with E-state index < -0.39 is 9.84 Å². The molecule has 0 spiro atoms. The highest BCUT2D eigenvalue weighted by Gasteiger charge is 2.33. The summed E-state index contributed by atoms with van der Waals surface area (Å²) >= 11 is 3.07. The summed E-state index contributed by atoms with van der Waals surface area (Å²) in [5.41, 5.74) is 2.47. The average Bonchev–Trinajstić information content (AvgIpc) is 3.08. The molecule has 1 saturated carbocycles. The number of thioether (sulfide) groups is 1. The highest BCUT2D eigenvalue weighted by atomic mass is 32.2. The molecular weight excluding hydrogens is 452 g/mol. The Morgan fingerprint density at radius 2 is 2.00 bits per heavy atom. The van der Waals surface area contributed by atoms with E-state index >= 15 is 0 Å². The lowest BCUT2D eigenvalue weighted by atomic mass is 10.2. The largest absolute Gasteiger partial charge is 0.344 e. The molecule has 31 heavy (non-hydrogen) atoms. The summed E-state index contributed by atoms with van der Waals surface area (Å²) in [6.07, 6.45) is 2.84. The number of nitrogens with zero attached hydrogens (tertiary/aromatic N) is 4. The molecule has 0 N–H and O–H groups in total. The molecular formula is C21H24N4O3S3. The van der Waals surface area contributed by atoms with Crippen molar-refractivity contribution in [1.29, 1.82) is 0 Å². The quantitative estimate of drug-likeness (QED) is 0.377. The molecule has 0 bridgehead atoms. The van der Waals surface area contributed by atoms with Crippen LogP contribution in [0.4, 0.5) is 0 Å². The van der Waals surface area contributed by atoms with Gasteiger partial charge in [0.25, 0.3) is 0 Å². The summed E-state index contributed by atoms with van der Waals surface area (Å²) in [5, 5.41) is 11.6. The number of rotatable bonds is 7. The van der Waals surface area contributed by atoms with Gasteiger partial charge in [-0.3, -0.25) is 9.36 Å². The summed E-state index contributed by atoms with van der Waals surface area (Å²) in [7, 11) is -2.98. The van der Waals surface area contributed by atoms with Crippen LogP contribution in [0.1, 0.15) is 53.1 Å². The number of hydrogen-bond donors (Lipinski definition) is 0. The lowest BCUT2D eigenvalue weighted by Crippen LogP contribution is -2.14. The third-order valence-corrected chi connectivity index (χ3v) is 9.57. The molecule has 3 aromatic heterocycles. The second-order valence-electron chi connectivity index (χ2n) is 8.31. The van der Waals surface area contributed by atoms with Gasteiger partial charge in [-0.05, 0) is 50.6 Å². The minimum Gasteiger partial charge on any atom is -0.344 e. The molecule has 0 radical (unpaired) electrons. The number of carbonyl (C=O) groups excluding carboxylic acids is 1. The van der Waals surface area contributed by atoms with E-state index in [2.05, 4.69) is 14.8 Å². The Labute approximate surface area is 189 Å². The molecule has 0 unspecified atom stereocenters. The Hall–Kier alpha value is -1.91. The van der Waals surface area contributed by atoms with Gasteiger partial charge in [-0.25, -0.2) is 8.42 Å². The van der Waals surface area contributed by atoms with Crippen LogP contribution in [0.3, 0.4) is 0 Å². The van der Waals surface area contributed by atoms with Crippen molar-refractivity contribution in [2.24, 2.45) is 0 Å². The molecule has 1 aliphatic heterocycles. The van der Waals surface area contributed by atoms with Gasteiger partial charge >= 0.3 is 0 Å². The molecule has 0 aromatic carbocycles. The van der Waals surface area contributed by atoms with Crippen molar-refractivity contribution < 1.29 is 13.2 Å². The molecule has 1 atom stereocenters. The normalized spacial score (nSPS) is 20.4. The molecule has 0 amide bonds. The third kappa shape index (κ3) is 4.01. The molecule has 3 aromatic rings. The Bertz CT molecular complexity index is 1240. The van der Waals surface area contributed by atoms with E-state index in [0.717, 1.165) is 40.1 Å². The van der Waals surface area contributed by atoms with Crippen LogP contribution < -0.4 is 0 Å². The first-order valence-electron chi connectivity index (χ1n) is 10.4. The fourth-order valence-electron chi connectivity index (χ4n) is 4.42. The number of Topliss-reactive ketones (excluding diaryl/α,β-unsaturated/α-hetero) is 1. The molecule has 2 fully saturated rings. The van der Waals surface area contributed by atoms with Crippen molar-refractivity contribution in [3.63, 3.8) is 0 Å². The second-order valence-corrected chi connectivity index (χ2v) is 12.4. The number of thiophene rings is 1. The van der Waals surface area contributed by atoms with Gasteiger partial charge < -0.3 is 4.57 Å². The van der Waals surface area contributed by atoms with Crippen LogP contribution in [0.15, 0.2) is 28.7 Å². The van der Waals surface area contributed by atoms with Gasteiger partial charge in [-0.2, -0.15) is 0 Å². The summed E-state index contributed by atoms with van der Waals surface area (Å²) in [6, 6.07) is 6.29. The van der Waals surface area contributed by atoms with Gasteiger partial charge in [0, 0.05) is 29.0 Å². The zero-order valence-corrected chi connectivity index (χ0v) is 19.9. The second kappa shape index (κ2) is 7.90. The first kappa shape index (κ1) is 21.0. The van der Waals surface area contributed by atoms with Crippen molar-refractivity contribution in [2.45, 2.75) is 50.4 Å². The Morgan fingerprint density at radius 1 is 1.19 bits per heavy atom. The van der Waals surface area contributed by atoms with Crippen molar-refractivity contribution >= 4 is 38.7 Å². The van der Waals surface area contributed by atoms with Crippen molar-refractivity contribution in [3.05, 3.63) is 40.5 Å². The molecule has 1 saturated heterocycles. The monoisotopic (exact) mass is 476 g/mol. The van der Waals surface area contributed by atoms with E-state index in [1.54, 1.807) is 11.3 Å². The summed E-state index contributed by atoms with van der Waals surface area (Å²) < 4.78 is 28.0. The topological polar surface area (TPSA) is 86.8 Å². The fraction of sp³-hybridized carbons (Fsp3) is 0.476. The molecule has 164 valence electrons. The highest BCUT2D eigenvalue weighted by molar-refractivity contribution is 7.99. The number of sulfone groups is 1. The predicted molar refractivity (Wildman–Crippen MR) is 123 cm³/mol. The van der Waals surface area contributed by atoms with E-state index in [1.165, 1.54) is 11.8 Å². The average molecular weight is 477 g/mol. The number of aryl methyl sites for hydroxylation is 1. The van der Waals surface area contributed by atoms with Crippen LogP contribution in [0.5, 0.6) is 0 Å².